The molecule has 1 saturated carbocycles. The molecule has 1 aromatic heterocycles. The molecule has 2 atom stereocenters. The summed E-state index contributed by atoms with van der Waals surface area (Å²) in [5.74, 6) is 0.455. The number of rotatable bonds is 4. The fourth-order valence-electron chi connectivity index (χ4n) is 2.50. The molecule has 0 aliphatic heterocycles. The molecule has 1 heterocycles. The van der Waals surface area contributed by atoms with E-state index in [1.54, 1.807) is 0 Å². The van der Waals surface area contributed by atoms with Crippen LogP contribution in [-0.4, -0.2) is 27.1 Å². The molecule has 0 bridgehead atoms. The van der Waals surface area contributed by atoms with Crippen molar-refractivity contribution < 1.29 is 9.90 Å². The molecule has 5 heteroatoms. The predicted molar refractivity (Wildman–Crippen MR) is 68.5 cm³/mol. The molecule has 0 amide bonds. The number of carboxylic acids is 1. The van der Waals surface area contributed by atoms with Gasteiger partial charge in [0.15, 0.2) is 0 Å². The molecule has 0 spiro atoms. The van der Waals surface area contributed by atoms with Crippen LogP contribution in [0.1, 0.15) is 37.7 Å². The molecule has 2 N–H and O–H groups in total. The number of anilines is 1. The maximum Gasteiger partial charge on any atom is 0.308 e. The van der Waals surface area contributed by atoms with Crippen LogP contribution in [0, 0.1) is 12.8 Å². The second-order valence-electron chi connectivity index (χ2n) is 4.77. The van der Waals surface area contributed by atoms with Crippen molar-refractivity contribution in [2.24, 2.45) is 5.92 Å². The van der Waals surface area contributed by atoms with Crippen LogP contribution in [-0.2, 0) is 11.2 Å². The smallest absolute Gasteiger partial charge is 0.308 e. The number of carbonyl (C=O) groups is 1. The number of aromatic nitrogens is 2. The SMILES string of the molecule is CCc1cc(NC2CCCC2C(=O)O)nc(C)n1. The lowest BCUT2D eigenvalue weighted by Crippen LogP contribution is -2.30. The van der Waals surface area contributed by atoms with E-state index in [2.05, 4.69) is 15.3 Å². The second-order valence-corrected chi connectivity index (χ2v) is 4.77. The summed E-state index contributed by atoms with van der Waals surface area (Å²) < 4.78 is 0. The quantitative estimate of drug-likeness (QED) is 0.853. The predicted octanol–water partition coefficient (Wildman–Crippen LogP) is 2.01. The minimum Gasteiger partial charge on any atom is -0.481 e. The summed E-state index contributed by atoms with van der Waals surface area (Å²) in [6.07, 6.45) is 3.45. The summed E-state index contributed by atoms with van der Waals surface area (Å²) in [6, 6.07) is 1.89. The van der Waals surface area contributed by atoms with E-state index in [1.807, 2.05) is 19.9 Å². The molecule has 0 saturated heterocycles. The zero-order valence-corrected chi connectivity index (χ0v) is 10.8. The Hall–Kier alpha value is -1.65. The summed E-state index contributed by atoms with van der Waals surface area (Å²) in [7, 11) is 0. The Bertz CT molecular complexity index is 448. The fourth-order valence-corrected chi connectivity index (χ4v) is 2.50. The van der Waals surface area contributed by atoms with E-state index in [1.165, 1.54) is 0 Å². The third-order valence-corrected chi connectivity index (χ3v) is 3.42. The van der Waals surface area contributed by atoms with E-state index in [9.17, 15) is 4.79 Å². The normalized spacial score (nSPS) is 23.0. The highest BCUT2D eigenvalue weighted by atomic mass is 16.4. The van der Waals surface area contributed by atoms with Crippen LogP contribution >= 0.6 is 0 Å². The molecule has 1 fully saturated rings. The van der Waals surface area contributed by atoms with Crippen LogP contribution in [0.3, 0.4) is 0 Å². The molecule has 2 rings (SSSR count). The number of nitrogens with zero attached hydrogens (tertiary/aromatic N) is 2. The second kappa shape index (κ2) is 5.33. The van der Waals surface area contributed by atoms with Gasteiger partial charge in [0.1, 0.15) is 11.6 Å². The Kier molecular flexibility index (Phi) is 3.79. The Morgan fingerprint density at radius 1 is 1.50 bits per heavy atom. The molecular formula is C13H19N3O2. The van der Waals surface area contributed by atoms with E-state index in [0.29, 0.717) is 0 Å². The van der Waals surface area contributed by atoms with E-state index < -0.39 is 5.97 Å². The van der Waals surface area contributed by atoms with Gasteiger partial charge in [0, 0.05) is 17.8 Å². The van der Waals surface area contributed by atoms with Gasteiger partial charge in [-0.3, -0.25) is 4.79 Å². The molecule has 98 valence electrons. The molecule has 0 radical (unpaired) electrons. The third kappa shape index (κ3) is 2.78. The van der Waals surface area contributed by atoms with Gasteiger partial charge in [0.05, 0.1) is 5.92 Å². The fraction of sp³-hybridized carbons (Fsp3) is 0.615. The van der Waals surface area contributed by atoms with Crippen molar-refractivity contribution in [2.45, 2.75) is 45.6 Å². The van der Waals surface area contributed by atoms with Crippen molar-refractivity contribution in [3.05, 3.63) is 17.6 Å². The molecule has 5 nitrogen and oxygen atoms in total. The molecule has 2 unspecified atom stereocenters. The van der Waals surface area contributed by atoms with Crippen LogP contribution in [0.4, 0.5) is 5.82 Å². The summed E-state index contributed by atoms with van der Waals surface area (Å²) >= 11 is 0. The Morgan fingerprint density at radius 3 is 2.94 bits per heavy atom. The maximum absolute atomic E-state index is 11.1. The number of aryl methyl sites for hydroxylation is 2. The Labute approximate surface area is 107 Å². The van der Waals surface area contributed by atoms with Gasteiger partial charge >= 0.3 is 5.97 Å². The Balaban J connectivity index is 2.13. The van der Waals surface area contributed by atoms with Gasteiger partial charge in [-0.15, -0.1) is 0 Å². The summed E-state index contributed by atoms with van der Waals surface area (Å²) in [4.78, 5) is 19.8. The average molecular weight is 249 g/mol. The van der Waals surface area contributed by atoms with Crippen LogP contribution in [0.15, 0.2) is 6.07 Å². The highest BCUT2D eigenvalue weighted by molar-refractivity contribution is 5.72. The van der Waals surface area contributed by atoms with Gasteiger partial charge in [-0.25, -0.2) is 9.97 Å². The van der Waals surface area contributed by atoms with Crippen LogP contribution in [0.2, 0.25) is 0 Å². The third-order valence-electron chi connectivity index (χ3n) is 3.42. The zero-order valence-electron chi connectivity index (χ0n) is 10.8. The average Bonchev–Trinajstić information content (AvgIpc) is 2.76. The number of nitrogens with one attached hydrogen (secondary N) is 1. The van der Waals surface area contributed by atoms with Crippen LogP contribution in [0.5, 0.6) is 0 Å². The standard InChI is InChI=1S/C13H19N3O2/c1-3-9-7-12(15-8(2)14-9)16-11-6-4-5-10(11)13(17)18/h7,10-11H,3-6H2,1-2H3,(H,17,18)(H,14,15,16). The van der Waals surface area contributed by atoms with Crippen LogP contribution in [0.25, 0.3) is 0 Å². The highest BCUT2D eigenvalue weighted by Gasteiger charge is 2.33. The molecule has 0 aromatic carbocycles. The van der Waals surface area contributed by atoms with Gasteiger partial charge in [0.2, 0.25) is 0 Å². The van der Waals surface area contributed by atoms with Gasteiger partial charge in [0.25, 0.3) is 0 Å². The monoisotopic (exact) mass is 249 g/mol. The van der Waals surface area contributed by atoms with Crippen molar-refractivity contribution in [1.29, 1.82) is 0 Å². The van der Waals surface area contributed by atoms with Gasteiger partial charge < -0.3 is 10.4 Å². The first kappa shape index (κ1) is 12.8. The molecule has 1 aliphatic carbocycles. The van der Waals surface area contributed by atoms with Gasteiger partial charge in [-0.1, -0.05) is 13.3 Å². The van der Waals surface area contributed by atoms with Gasteiger partial charge in [-0.2, -0.15) is 0 Å². The van der Waals surface area contributed by atoms with E-state index in [4.69, 9.17) is 5.11 Å². The minimum absolute atomic E-state index is 0.0125. The van der Waals surface area contributed by atoms with Crippen molar-refractivity contribution in [3.63, 3.8) is 0 Å². The lowest BCUT2D eigenvalue weighted by molar-refractivity contribution is -0.141. The van der Waals surface area contributed by atoms with Crippen LogP contribution < -0.4 is 5.32 Å². The number of hydrogen-bond acceptors (Lipinski definition) is 4. The first-order chi connectivity index (χ1) is 8.60. The maximum atomic E-state index is 11.1. The lowest BCUT2D eigenvalue weighted by Gasteiger charge is -2.18. The number of hydrogen-bond donors (Lipinski definition) is 2. The van der Waals surface area contributed by atoms with E-state index in [-0.39, 0.29) is 12.0 Å². The highest BCUT2D eigenvalue weighted by Crippen LogP contribution is 2.28. The van der Waals surface area contributed by atoms with Crippen molar-refractivity contribution in [1.82, 2.24) is 9.97 Å². The van der Waals surface area contributed by atoms with Crippen molar-refractivity contribution in [3.8, 4) is 0 Å². The molecule has 1 aromatic rings. The summed E-state index contributed by atoms with van der Waals surface area (Å²) in [5, 5.41) is 12.4. The molecule has 18 heavy (non-hydrogen) atoms. The number of carboxylic acid groups (broad SMARTS) is 1. The first-order valence-corrected chi connectivity index (χ1v) is 6.44. The lowest BCUT2D eigenvalue weighted by atomic mass is 10.0. The van der Waals surface area contributed by atoms with Crippen molar-refractivity contribution in [2.75, 3.05) is 5.32 Å². The zero-order chi connectivity index (χ0) is 13.1. The summed E-state index contributed by atoms with van der Waals surface area (Å²) in [6.45, 7) is 3.90. The summed E-state index contributed by atoms with van der Waals surface area (Å²) in [5.41, 5.74) is 0.981. The van der Waals surface area contributed by atoms with Crippen molar-refractivity contribution >= 4 is 11.8 Å². The Morgan fingerprint density at radius 2 is 2.28 bits per heavy atom. The molecule has 1 aliphatic rings. The topological polar surface area (TPSA) is 75.1 Å². The minimum atomic E-state index is -0.716. The van der Waals surface area contributed by atoms with Gasteiger partial charge in [-0.05, 0) is 26.2 Å². The van der Waals surface area contributed by atoms with E-state index in [0.717, 1.165) is 43.0 Å². The largest absolute Gasteiger partial charge is 0.481 e. The molecular weight excluding hydrogens is 230 g/mol. The number of aliphatic carboxylic acids is 1. The first-order valence-electron chi connectivity index (χ1n) is 6.44. The van der Waals surface area contributed by atoms with E-state index >= 15 is 0 Å².